The molecule has 0 aliphatic carbocycles. The van der Waals surface area contributed by atoms with Crippen LogP contribution in [0.5, 0.6) is 0 Å². The van der Waals surface area contributed by atoms with Crippen LogP contribution in [0.15, 0.2) is 30.3 Å². The second kappa shape index (κ2) is 12.9. The highest BCUT2D eigenvalue weighted by atomic mass is 32.1. The second-order valence-corrected chi connectivity index (χ2v) is 8.16. The average Bonchev–Trinajstić information content (AvgIpc) is 2.81. The zero-order chi connectivity index (χ0) is 24.5. The molecule has 1 aromatic rings. The van der Waals surface area contributed by atoms with Crippen molar-refractivity contribution in [1.82, 2.24) is 10.6 Å². The van der Waals surface area contributed by atoms with Gasteiger partial charge in [0.25, 0.3) is 0 Å². The van der Waals surface area contributed by atoms with Crippen LogP contribution in [0.2, 0.25) is 0 Å². The summed E-state index contributed by atoms with van der Waals surface area (Å²) < 4.78 is 11.1. The molecule has 0 spiro atoms. The highest BCUT2D eigenvalue weighted by Crippen LogP contribution is 2.23. The van der Waals surface area contributed by atoms with Crippen molar-refractivity contribution in [3.63, 3.8) is 0 Å². The summed E-state index contributed by atoms with van der Waals surface area (Å²) in [5.74, 6) is -2.66. The van der Waals surface area contributed by atoms with Crippen LogP contribution >= 0.6 is 12.6 Å². The summed E-state index contributed by atoms with van der Waals surface area (Å²) in [6.07, 6.45) is -5.13. The van der Waals surface area contributed by atoms with Crippen molar-refractivity contribution in [2.45, 2.75) is 50.0 Å². The first-order valence-electron chi connectivity index (χ1n) is 10.5. The molecule has 1 fully saturated rings. The summed E-state index contributed by atoms with van der Waals surface area (Å²) in [6, 6.07) is 6.99. The van der Waals surface area contributed by atoms with E-state index in [1.807, 2.05) is 30.3 Å². The van der Waals surface area contributed by atoms with Gasteiger partial charge in [-0.15, -0.1) is 0 Å². The van der Waals surface area contributed by atoms with Crippen LogP contribution < -0.4 is 16.4 Å². The van der Waals surface area contributed by atoms with E-state index in [0.717, 1.165) is 5.56 Å². The first kappa shape index (κ1) is 27.0. The number of nitrogens with one attached hydrogen (secondary N) is 2. The van der Waals surface area contributed by atoms with E-state index in [-0.39, 0.29) is 18.8 Å². The highest BCUT2D eigenvalue weighted by molar-refractivity contribution is 7.81. The van der Waals surface area contributed by atoms with Crippen molar-refractivity contribution in [3.8, 4) is 0 Å². The molecular weight excluding hydrogens is 454 g/mol. The number of ether oxygens (including phenoxy) is 2. The van der Waals surface area contributed by atoms with Crippen LogP contribution in [-0.2, 0) is 30.3 Å². The van der Waals surface area contributed by atoms with Crippen LogP contribution in [0.25, 0.3) is 0 Å². The molecular formula is C21H31N3O8S. The molecule has 11 nitrogen and oxygen atoms in total. The molecule has 2 unspecified atom stereocenters. The van der Waals surface area contributed by atoms with Crippen LogP contribution in [0, 0.1) is 5.92 Å². The minimum absolute atomic E-state index is 0.176. The summed E-state index contributed by atoms with van der Waals surface area (Å²) in [5, 5.41) is 34.9. The standard InChI is InChI=1S/C21H31N3O8S/c1-11(20(30)23-13(19(22)29)7-12-5-3-2-4-6-12)9-31-21-16(24-15(26)10-33)18(28)17(27)14(8-25)32-21/h2-6,11,13-14,16-18,21,25,27-28,33H,7-10H2,1H3,(H2,22,29)(H,23,30)(H,24,26)/t11-,13-,14?,16-,17+,18+,21?/m0/s1. The third kappa shape index (κ3) is 7.66. The smallest absolute Gasteiger partial charge is 0.240 e. The van der Waals surface area contributed by atoms with Gasteiger partial charge in [-0.1, -0.05) is 37.3 Å². The normalized spacial score (nSPS) is 26.8. The van der Waals surface area contributed by atoms with Gasteiger partial charge < -0.3 is 41.2 Å². The van der Waals surface area contributed by atoms with Gasteiger partial charge in [-0.2, -0.15) is 12.6 Å². The number of aliphatic hydroxyl groups is 3. The molecule has 0 radical (unpaired) electrons. The monoisotopic (exact) mass is 485 g/mol. The van der Waals surface area contributed by atoms with Gasteiger partial charge in [-0.25, -0.2) is 0 Å². The number of benzene rings is 1. The Balaban J connectivity index is 2.00. The first-order chi connectivity index (χ1) is 15.7. The molecule has 7 atom stereocenters. The fourth-order valence-electron chi connectivity index (χ4n) is 3.31. The number of hydrogen-bond acceptors (Lipinski definition) is 9. The summed E-state index contributed by atoms with van der Waals surface area (Å²) in [5.41, 5.74) is 6.26. The lowest BCUT2D eigenvalue weighted by Crippen LogP contribution is -2.65. The first-order valence-corrected chi connectivity index (χ1v) is 11.1. The largest absolute Gasteiger partial charge is 0.394 e. The van der Waals surface area contributed by atoms with Crippen molar-refractivity contribution in [2.24, 2.45) is 11.7 Å². The molecule has 1 aliphatic rings. The van der Waals surface area contributed by atoms with E-state index in [0.29, 0.717) is 0 Å². The molecule has 184 valence electrons. The Kier molecular flexibility index (Phi) is 10.5. The summed E-state index contributed by atoms with van der Waals surface area (Å²) in [4.78, 5) is 36.2. The van der Waals surface area contributed by atoms with E-state index < -0.39 is 66.9 Å². The Labute approximate surface area is 197 Å². The molecule has 1 aliphatic heterocycles. The Morgan fingerprint density at radius 3 is 2.45 bits per heavy atom. The average molecular weight is 486 g/mol. The van der Waals surface area contributed by atoms with Gasteiger partial charge >= 0.3 is 0 Å². The number of rotatable bonds is 11. The van der Waals surface area contributed by atoms with Crippen molar-refractivity contribution < 1.29 is 39.2 Å². The fraction of sp³-hybridized carbons (Fsp3) is 0.571. The number of amides is 3. The fourth-order valence-corrected chi connectivity index (χ4v) is 3.40. The van der Waals surface area contributed by atoms with Crippen molar-refractivity contribution in [1.29, 1.82) is 0 Å². The van der Waals surface area contributed by atoms with Crippen LogP contribution in [0.4, 0.5) is 0 Å². The summed E-state index contributed by atoms with van der Waals surface area (Å²) >= 11 is 3.86. The predicted octanol–water partition coefficient (Wildman–Crippen LogP) is -2.29. The minimum atomic E-state index is -1.49. The van der Waals surface area contributed by atoms with Gasteiger partial charge in [0.15, 0.2) is 6.29 Å². The SMILES string of the molecule is C[C@@H](COC1OC(CO)[C@@H](O)[C@H](O)[C@@H]1NC(=O)CS)C(=O)N[C@@H](Cc1ccccc1)C(N)=O. The molecule has 1 saturated heterocycles. The lowest BCUT2D eigenvalue weighted by atomic mass is 9.97. The predicted molar refractivity (Wildman–Crippen MR) is 120 cm³/mol. The van der Waals surface area contributed by atoms with E-state index in [1.54, 1.807) is 6.92 Å². The van der Waals surface area contributed by atoms with Gasteiger partial charge in [-0.05, 0) is 5.56 Å². The van der Waals surface area contributed by atoms with E-state index in [2.05, 4.69) is 23.3 Å². The minimum Gasteiger partial charge on any atom is -0.394 e. The van der Waals surface area contributed by atoms with Crippen molar-refractivity contribution >= 4 is 30.4 Å². The molecule has 7 N–H and O–H groups in total. The second-order valence-electron chi connectivity index (χ2n) is 7.85. The molecule has 1 heterocycles. The number of carbonyl (C=O) groups excluding carboxylic acids is 3. The Morgan fingerprint density at radius 1 is 1.21 bits per heavy atom. The van der Waals surface area contributed by atoms with Gasteiger partial charge in [-0.3, -0.25) is 14.4 Å². The van der Waals surface area contributed by atoms with E-state index >= 15 is 0 Å². The number of primary amides is 1. The Morgan fingerprint density at radius 2 is 1.88 bits per heavy atom. The number of nitrogens with two attached hydrogens (primary N) is 1. The third-order valence-corrected chi connectivity index (χ3v) is 5.54. The molecule has 0 saturated carbocycles. The Bertz CT molecular complexity index is 799. The number of thiol groups is 1. The summed E-state index contributed by atoms with van der Waals surface area (Å²) in [6.45, 7) is 0.748. The summed E-state index contributed by atoms with van der Waals surface area (Å²) in [7, 11) is 0. The quantitative estimate of drug-likeness (QED) is 0.171. The number of aliphatic hydroxyl groups excluding tert-OH is 3. The van der Waals surface area contributed by atoms with Gasteiger partial charge in [0.05, 0.1) is 24.9 Å². The van der Waals surface area contributed by atoms with Crippen LogP contribution in [0.3, 0.4) is 0 Å². The topological polar surface area (TPSA) is 180 Å². The van der Waals surface area contributed by atoms with Crippen molar-refractivity contribution in [3.05, 3.63) is 35.9 Å². The molecule has 1 aromatic carbocycles. The van der Waals surface area contributed by atoms with Gasteiger partial charge in [0, 0.05) is 6.42 Å². The van der Waals surface area contributed by atoms with E-state index in [9.17, 15) is 29.7 Å². The van der Waals surface area contributed by atoms with Gasteiger partial charge in [0.1, 0.15) is 30.4 Å². The maximum absolute atomic E-state index is 12.6. The molecule has 2 rings (SSSR count). The van der Waals surface area contributed by atoms with Crippen LogP contribution in [-0.4, -0.2) is 88.7 Å². The maximum Gasteiger partial charge on any atom is 0.240 e. The molecule has 3 amide bonds. The number of hydrogen-bond donors (Lipinski definition) is 7. The zero-order valence-electron chi connectivity index (χ0n) is 18.2. The maximum atomic E-state index is 12.6. The third-order valence-electron chi connectivity index (χ3n) is 5.25. The molecule has 0 aromatic heterocycles. The Hall–Kier alpha value is -2.22. The molecule has 0 bridgehead atoms. The van der Waals surface area contributed by atoms with E-state index in [1.165, 1.54) is 0 Å². The van der Waals surface area contributed by atoms with Gasteiger partial charge in [0.2, 0.25) is 17.7 Å². The lowest BCUT2D eigenvalue weighted by molar-refractivity contribution is -0.271. The van der Waals surface area contributed by atoms with Crippen molar-refractivity contribution in [2.75, 3.05) is 19.0 Å². The molecule has 33 heavy (non-hydrogen) atoms. The lowest BCUT2D eigenvalue weighted by Gasteiger charge is -2.42. The number of carbonyl (C=O) groups is 3. The van der Waals surface area contributed by atoms with Crippen LogP contribution in [0.1, 0.15) is 12.5 Å². The molecule has 12 heteroatoms. The zero-order valence-corrected chi connectivity index (χ0v) is 19.1. The van der Waals surface area contributed by atoms with E-state index in [4.69, 9.17) is 15.2 Å². The highest BCUT2D eigenvalue weighted by Gasteiger charge is 2.45.